The van der Waals surface area contributed by atoms with Crippen LogP contribution in [0.4, 0.5) is 5.69 Å². The first-order valence-electron chi connectivity index (χ1n) is 6.28. The van der Waals surface area contributed by atoms with Crippen LogP contribution in [0.25, 0.3) is 6.08 Å². The molecule has 0 bridgehead atoms. The average molecular weight is 428 g/mol. The molecular weight excluding hydrogens is 417 g/mol. The number of nitrogens with one attached hydrogen (secondary N) is 1. The zero-order chi connectivity index (χ0) is 15.0. The van der Waals surface area contributed by atoms with Gasteiger partial charge in [-0.05, 0) is 53.6 Å². The van der Waals surface area contributed by atoms with Crippen molar-refractivity contribution in [3.05, 3.63) is 67.1 Å². The van der Waals surface area contributed by atoms with Gasteiger partial charge in [0.2, 0.25) is 0 Å². The van der Waals surface area contributed by atoms with Crippen molar-refractivity contribution in [2.45, 2.75) is 6.42 Å². The van der Waals surface area contributed by atoms with E-state index in [4.69, 9.17) is 11.6 Å². The Hall–Kier alpha value is -1.10. The van der Waals surface area contributed by atoms with Gasteiger partial charge >= 0.3 is 0 Å². The molecule has 5 heteroatoms. The molecule has 1 amide bonds. The molecular formula is C16H10Br2ClNO. The third-order valence-corrected chi connectivity index (χ3v) is 4.36. The first-order chi connectivity index (χ1) is 10.0. The molecule has 1 heterocycles. The Morgan fingerprint density at radius 3 is 2.52 bits per heavy atom. The SMILES string of the molecule is O=C1Nc2ccc(Cl)cc2C/C1=C\c1cc(Br)cc(Br)c1. The van der Waals surface area contributed by atoms with Crippen LogP contribution in [-0.4, -0.2) is 5.91 Å². The lowest BCUT2D eigenvalue weighted by Gasteiger charge is -2.19. The number of anilines is 1. The Kier molecular flexibility index (Phi) is 4.20. The maximum absolute atomic E-state index is 12.2. The Morgan fingerprint density at radius 2 is 1.81 bits per heavy atom. The number of fused-ring (bicyclic) bond motifs is 1. The van der Waals surface area contributed by atoms with Gasteiger partial charge in [-0.2, -0.15) is 0 Å². The summed E-state index contributed by atoms with van der Waals surface area (Å²) in [5, 5.41) is 3.57. The van der Waals surface area contributed by atoms with Gasteiger partial charge in [0.05, 0.1) is 0 Å². The second kappa shape index (κ2) is 5.95. The predicted octanol–water partition coefficient (Wildman–Crippen LogP) is 5.44. The first-order valence-corrected chi connectivity index (χ1v) is 8.24. The van der Waals surface area contributed by atoms with E-state index < -0.39 is 0 Å². The van der Waals surface area contributed by atoms with Crippen LogP contribution >= 0.6 is 43.5 Å². The van der Waals surface area contributed by atoms with Gasteiger partial charge in [0.15, 0.2) is 0 Å². The van der Waals surface area contributed by atoms with Crippen molar-refractivity contribution in [1.82, 2.24) is 0 Å². The van der Waals surface area contributed by atoms with Crippen molar-refractivity contribution in [3.8, 4) is 0 Å². The molecule has 0 aliphatic carbocycles. The van der Waals surface area contributed by atoms with Gasteiger partial charge in [-0.1, -0.05) is 43.5 Å². The molecule has 21 heavy (non-hydrogen) atoms. The third-order valence-electron chi connectivity index (χ3n) is 3.21. The molecule has 0 aromatic heterocycles. The van der Waals surface area contributed by atoms with Gasteiger partial charge in [0.25, 0.3) is 5.91 Å². The zero-order valence-corrected chi connectivity index (χ0v) is 14.7. The van der Waals surface area contributed by atoms with Crippen LogP contribution in [0, 0.1) is 0 Å². The number of carbonyl (C=O) groups is 1. The van der Waals surface area contributed by atoms with E-state index >= 15 is 0 Å². The van der Waals surface area contributed by atoms with E-state index in [9.17, 15) is 4.79 Å². The number of carbonyl (C=O) groups excluding carboxylic acids is 1. The molecule has 0 atom stereocenters. The van der Waals surface area contributed by atoms with Gasteiger partial charge in [0, 0.05) is 31.6 Å². The molecule has 0 radical (unpaired) electrons. The summed E-state index contributed by atoms with van der Waals surface area (Å²) in [6, 6.07) is 11.4. The molecule has 2 aromatic carbocycles. The minimum Gasteiger partial charge on any atom is -0.322 e. The lowest BCUT2D eigenvalue weighted by molar-refractivity contribution is -0.113. The van der Waals surface area contributed by atoms with E-state index in [0.29, 0.717) is 11.4 Å². The Balaban J connectivity index is 1.99. The number of amides is 1. The molecule has 106 valence electrons. The van der Waals surface area contributed by atoms with Crippen molar-refractivity contribution in [1.29, 1.82) is 0 Å². The Morgan fingerprint density at radius 1 is 1.10 bits per heavy atom. The lowest BCUT2D eigenvalue weighted by Crippen LogP contribution is -2.22. The summed E-state index contributed by atoms with van der Waals surface area (Å²) in [6.07, 6.45) is 2.47. The van der Waals surface area contributed by atoms with Crippen molar-refractivity contribution < 1.29 is 4.79 Å². The molecule has 1 aliphatic rings. The monoisotopic (exact) mass is 425 g/mol. The fourth-order valence-corrected chi connectivity index (χ4v) is 3.82. The molecule has 1 N–H and O–H groups in total. The summed E-state index contributed by atoms with van der Waals surface area (Å²) in [7, 11) is 0. The zero-order valence-electron chi connectivity index (χ0n) is 10.8. The van der Waals surface area contributed by atoms with E-state index in [-0.39, 0.29) is 5.91 Å². The van der Waals surface area contributed by atoms with E-state index in [2.05, 4.69) is 37.2 Å². The molecule has 0 saturated heterocycles. The third kappa shape index (κ3) is 3.39. The predicted molar refractivity (Wildman–Crippen MR) is 93.6 cm³/mol. The number of hydrogen-bond donors (Lipinski definition) is 1. The van der Waals surface area contributed by atoms with E-state index in [1.54, 1.807) is 6.07 Å². The molecule has 1 aliphatic heterocycles. The summed E-state index contributed by atoms with van der Waals surface area (Å²) >= 11 is 12.9. The number of hydrogen-bond acceptors (Lipinski definition) is 1. The number of rotatable bonds is 1. The summed E-state index contributed by atoms with van der Waals surface area (Å²) < 4.78 is 1.92. The van der Waals surface area contributed by atoms with Crippen molar-refractivity contribution in [2.24, 2.45) is 0 Å². The Bertz CT molecular complexity index is 751. The molecule has 2 nitrogen and oxygen atoms in total. The quantitative estimate of drug-likeness (QED) is 0.603. The van der Waals surface area contributed by atoms with Crippen molar-refractivity contribution in [3.63, 3.8) is 0 Å². The van der Waals surface area contributed by atoms with Gasteiger partial charge in [0.1, 0.15) is 0 Å². The average Bonchev–Trinajstić information content (AvgIpc) is 2.39. The summed E-state index contributed by atoms with van der Waals surface area (Å²) in [6.45, 7) is 0. The Labute approximate surface area is 144 Å². The van der Waals surface area contributed by atoms with Gasteiger partial charge in [-0.25, -0.2) is 0 Å². The van der Waals surface area contributed by atoms with Crippen LogP contribution in [0.1, 0.15) is 11.1 Å². The van der Waals surface area contributed by atoms with Crippen LogP contribution in [0.15, 0.2) is 50.9 Å². The van der Waals surface area contributed by atoms with Crippen LogP contribution < -0.4 is 5.32 Å². The topological polar surface area (TPSA) is 29.1 Å². The smallest absolute Gasteiger partial charge is 0.251 e. The molecule has 2 aromatic rings. The normalized spacial score (nSPS) is 15.8. The number of halogens is 3. The second-order valence-electron chi connectivity index (χ2n) is 4.80. The summed E-state index contributed by atoms with van der Waals surface area (Å²) in [4.78, 5) is 12.2. The first kappa shape index (κ1) is 14.8. The molecule has 0 unspecified atom stereocenters. The minimum atomic E-state index is -0.0686. The summed E-state index contributed by atoms with van der Waals surface area (Å²) in [5.41, 5.74) is 3.54. The van der Waals surface area contributed by atoms with Crippen LogP contribution in [0.2, 0.25) is 5.02 Å². The maximum atomic E-state index is 12.2. The van der Waals surface area contributed by atoms with Crippen molar-refractivity contribution in [2.75, 3.05) is 5.32 Å². The van der Waals surface area contributed by atoms with Gasteiger partial charge < -0.3 is 5.32 Å². The van der Waals surface area contributed by atoms with E-state index in [1.807, 2.05) is 36.4 Å². The van der Waals surface area contributed by atoms with Crippen LogP contribution in [0.3, 0.4) is 0 Å². The highest BCUT2D eigenvalue weighted by Crippen LogP contribution is 2.29. The van der Waals surface area contributed by atoms with E-state index in [1.165, 1.54) is 0 Å². The molecule has 3 rings (SSSR count). The van der Waals surface area contributed by atoms with Crippen LogP contribution in [0.5, 0.6) is 0 Å². The van der Waals surface area contributed by atoms with Gasteiger partial charge in [-0.3, -0.25) is 4.79 Å². The second-order valence-corrected chi connectivity index (χ2v) is 7.07. The van der Waals surface area contributed by atoms with Crippen molar-refractivity contribution >= 4 is 61.1 Å². The minimum absolute atomic E-state index is 0.0686. The highest BCUT2D eigenvalue weighted by Gasteiger charge is 2.20. The molecule has 0 spiro atoms. The van der Waals surface area contributed by atoms with Gasteiger partial charge in [-0.15, -0.1) is 0 Å². The molecule has 0 fully saturated rings. The highest BCUT2D eigenvalue weighted by atomic mass is 79.9. The molecule has 0 saturated carbocycles. The maximum Gasteiger partial charge on any atom is 0.251 e. The van der Waals surface area contributed by atoms with E-state index in [0.717, 1.165) is 31.3 Å². The standard InChI is InChI=1S/C16H10Br2ClNO/c17-12-4-9(5-13(18)8-12)3-11-6-10-7-14(19)1-2-15(10)20-16(11)21/h1-5,7-8H,6H2,(H,20,21)/b11-3+. The number of benzene rings is 2. The lowest BCUT2D eigenvalue weighted by atomic mass is 9.97. The fourth-order valence-electron chi connectivity index (χ4n) is 2.29. The van der Waals surface area contributed by atoms with Crippen LogP contribution in [-0.2, 0) is 11.2 Å². The fraction of sp³-hybridized carbons (Fsp3) is 0.0625. The summed E-state index contributed by atoms with van der Waals surface area (Å²) in [5.74, 6) is -0.0686. The largest absolute Gasteiger partial charge is 0.322 e. The highest BCUT2D eigenvalue weighted by molar-refractivity contribution is 9.11.